The van der Waals surface area contributed by atoms with Gasteiger partial charge in [-0.2, -0.15) is 0 Å². The molecular formula is C9H16ClN3O2S. The number of hydrogen-bond donors (Lipinski definition) is 0. The molecule has 1 aromatic rings. The van der Waals surface area contributed by atoms with Gasteiger partial charge in [0.15, 0.2) is 0 Å². The van der Waals surface area contributed by atoms with Gasteiger partial charge in [0.25, 0.3) is 14.2 Å². The average molecular weight is 266 g/mol. The molecule has 1 aromatic heterocycles. The lowest BCUT2D eigenvalue weighted by Crippen LogP contribution is -2.15. The average Bonchev–Trinajstić information content (AvgIpc) is 2.43. The Bertz CT molecular complexity index is 473. The second-order valence-electron chi connectivity index (χ2n) is 4.82. The molecule has 5 nitrogen and oxygen atoms in total. The summed E-state index contributed by atoms with van der Waals surface area (Å²) in [5.41, 5.74) is 0.0211. The maximum atomic E-state index is 11.2. The fourth-order valence-electron chi connectivity index (χ4n) is 1.42. The highest BCUT2D eigenvalue weighted by Crippen LogP contribution is 2.22. The van der Waals surface area contributed by atoms with Crippen molar-refractivity contribution in [3.8, 4) is 0 Å². The molecule has 7 heteroatoms. The minimum Gasteiger partial charge on any atom is -0.301 e. The van der Waals surface area contributed by atoms with Crippen LogP contribution in [0.25, 0.3) is 0 Å². The van der Waals surface area contributed by atoms with Crippen molar-refractivity contribution in [2.45, 2.75) is 45.8 Å². The third-order valence-electron chi connectivity index (χ3n) is 2.02. The number of rotatable bonds is 3. The molecule has 0 fully saturated rings. The van der Waals surface area contributed by atoms with Crippen LogP contribution in [0.3, 0.4) is 0 Å². The molecular weight excluding hydrogens is 250 g/mol. The summed E-state index contributed by atoms with van der Waals surface area (Å²) < 4.78 is 24.0. The molecule has 92 valence electrons. The number of hydrogen-bond acceptors (Lipinski definition) is 4. The molecule has 0 spiro atoms. The van der Waals surface area contributed by atoms with E-state index in [1.807, 2.05) is 6.92 Å². The van der Waals surface area contributed by atoms with Crippen LogP contribution in [-0.2, 0) is 22.0 Å². The van der Waals surface area contributed by atoms with Gasteiger partial charge in [0, 0.05) is 23.6 Å². The summed E-state index contributed by atoms with van der Waals surface area (Å²) in [4.78, 5) is 0. The fraction of sp³-hybridized carbons (Fsp3) is 0.778. The van der Waals surface area contributed by atoms with Crippen LogP contribution in [0.5, 0.6) is 0 Å². The first-order valence-electron chi connectivity index (χ1n) is 5.02. The smallest absolute Gasteiger partial charge is 0.296 e. The van der Waals surface area contributed by atoms with Crippen molar-refractivity contribution in [1.82, 2.24) is 14.8 Å². The van der Waals surface area contributed by atoms with E-state index in [4.69, 9.17) is 10.7 Å². The van der Waals surface area contributed by atoms with Gasteiger partial charge >= 0.3 is 0 Å². The van der Waals surface area contributed by atoms with Crippen molar-refractivity contribution >= 4 is 19.7 Å². The van der Waals surface area contributed by atoms with Gasteiger partial charge in [-0.05, 0) is 12.3 Å². The van der Waals surface area contributed by atoms with E-state index in [-0.39, 0.29) is 10.6 Å². The molecule has 1 rings (SSSR count). The topological polar surface area (TPSA) is 64.8 Å². The zero-order valence-electron chi connectivity index (χ0n) is 9.86. The predicted octanol–water partition coefficient (Wildman–Crippen LogP) is 1.81. The van der Waals surface area contributed by atoms with Crippen LogP contribution in [0.2, 0.25) is 0 Å². The third kappa shape index (κ3) is 3.18. The summed E-state index contributed by atoms with van der Waals surface area (Å²) in [5, 5.41) is 7.35. The van der Waals surface area contributed by atoms with E-state index < -0.39 is 9.05 Å². The van der Waals surface area contributed by atoms with Crippen LogP contribution in [-0.4, -0.2) is 23.2 Å². The van der Waals surface area contributed by atoms with Gasteiger partial charge in [-0.3, -0.25) is 0 Å². The molecule has 0 atom stereocenters. The highest BCUT2D eigenvalue weighted by Gasteiger charge is 2.24. The predicted molar refractivity (Wildman–Crippen MR) is 61.9 cm³/mol. The molecule has 0 aliphatic carbocycles. The van der Waals surface area contributed by atoms with Gasteiger partial charge < -0.3 is 4.57 Å². The Morgan fingerprint density at radius 2 is 1.88 bits per heavy atom. The highest BCUT2D eigenvalue weighted by atomic mass is 35.7. The zero-order chi connectivity index (χ0) is 12.6. The second kappa shape index (κ2) is 4.33. The molecule has 0 aliphatic rings. The van der Waals surface area contributed by atoms with Crippen LogP contribution in [0.4, 0.5) is 0 Å². The van der Waals surface area contributed by atoms with E-state index in [2.05, 4.69) is 31.0 Å². The number of aromatic nitrogens is 3. The quantitative estimate of drug-likeness (QED) is 0.782. The van der Waals surface area contributed by atoms with Gasteiger partial charge in [-0.25, -0.2) is 8.42 Å². The van der Waals surface area contributed by atoms with Crippen molar-refractivity contribution < 1.29 is 8.42 Å². The van der Waals surface area contributed by atoms with Crippen molar-refractivity contribution in [2.24, 2.45) is 5.41 Å². The van der Waals surface area contributed by atoms with Crippen molar-refractivity contribution in [1.29, 1.82) is 0 Å². The zero-order valence-corrected chi connectivity index (χ0v) is 11.4. The summed E-state index contributed by atoms with van der Waals surface area (Å²) in [6.45, 7) is 8.48. The Kier molecular flexibility index (Phi) is 3.64. The summed E-state index contributed by atoms with van der Waals surface area (Å²) in [6, 6.07) is 0. The summed E-state index contributed by atoms with van der Waals surface area (Å²) in [6.07, 6.45) is 0.653. The largest absolute Gasteiger partial charge is 0.301 e. The molecule has 0 N–H and O–H groups in total. The number of nitrogens with zero attached hydrogens (tertiary/aromatic N) is 3. The van der Waals surface area contributed by atoms with Crippen LogP contribution < -0.4 is 0 Å². The molecule has 0 bridgehead atoms. The lowest BCUT2D eigenvalue weighted by atomic mass is 9.92. The van der Waals surface area contributed by atoms with E-state index in [0.717, 1.165) is 0 Å². The van der Waals surface area contributed by atoms with Gasteiger partial charge in [0.2, 0.25) is 0 Å². The Morgan fingerprint density at radius 3 is 2.25 bits per heavy atom. The van der Waals surface area contributed by atoms with Crippen molar-refractivity contribution in [3.63, 3.8) is 0 Å². The Labute approximate surface area is 100 Å². The molecule has 1 heterocycles. The van der Waals surface area contributed by atoms with Crippen molar-refractivity contribution in [2.75, 3.05) is 0 Å². The lowest BCUT2D eigenvalue weighted by molar-refractivity contribution is 0.390. The molecule has 0 amide bonds. The standard InChI is InChI=1S/C9H16ClN3O2S/c1-5-13-7(6-9(2,3)4)11-12-8(13)16(10,14)15/h5-6H2,1-4H3. The van der Waals surface area contributed by atoms with Gasteiger partial charge in [-0.15, -0.1) is 10.2 Å². The second-order valence-corrected chi connectivity index (χ2v) is 7.28. The molecule has 0 unspecified atom stereocenters. The summed E-state index contributed by atoms with van der Waals surface area (Å²) in [7, 11) is 1.46. The van der Waals surface area contributed by atoms with Crippen LogP contribution in [0.15, 0.2) is 5.16 Å². The van der Waals surface area contributed by atoms with E-state index in [1.54, 1.807) is 0 Å². The summed E-state index contributed by atoms with van der Waals surface area (Å²) in [5.74, 6) is 0.647. The van der Waals surface area contributed by atoms with Gasteiger partial charge in [0.1, 0.15) is 5.82 Å². The lowest BCUT2D eigenvalue weighted by Gasteiger charge is -2.17. The van der Waals surface area contributed by atoms with Gasteiger partial charge in [-0.1, -0.05) is 20.8 Å². The first-order chi connectivity index (χ1) is 7.15. The molecule has 0 saturated carbocycles. The maximum Gasteiger partial charge on any atom is 0.296 e. The molecule has 0 radical (unpaired) electrons. The Hall–Kier alpha value is -0.620. The Balaban J connectivity index is 3.20. The Morgan fingerprint density at radius 1 is 1.31 bits per heavy atom. The first kappa shape index (κ1) is 13.4. The molecule has 16 heavy (non-hydrogen) atoms. The highest BCUT2D eigenvalue weighted by molar-refractivity contribution is 8.13. The van der Waals surface area contributed by atoms with E-state index >= 15 is 0 Å². The third-order valence-corrected chi connectivity index (χ3v) is 3.17. The fourth-order valence-corrected chi connectivity index (χ4v) is 2.40. The van der Waals surface area contributed by atoms with E-state index in [0.29, 0.717) is 18.8 Å². The molecule has 0 aromatic carbocycles. The molecule has 0 aliphatic heterocycles. The first-order valence-corrected chi connectivity index (χ1v) is 7.33. The SMILES string of the molecule is CCn1c(CC(C)(C)C)nnc1S(=O)(=O)Cl. The monoisotopic (exact) mass is 265 g/mol. The minimum atomic E-state index is -3.82. The van der Waals surface area contributed by atoms with E-state index in [1.165, 1.54) is 4.57 Å². The van der Waals surface area contributed by atoms with Crippen LogP contribution in [0.1, 0.15) is 33.5 Å². The van der Waals surface area contributed by atoms with Crippen LogP contribution >= 0.6 is 10.7 Å². The van der Waals surface area contributed by atoms with E-state index in [9.17, 15) is 8.42 Å². The van der Waals surface area contributed by atoms with Crippen LogP contribution in [0, 0.1) is 5.41 Å². The normalized spacial score (nSPS) is 13.1. The number of halogens is 1. The van der Waals surface area contributed by atoms with Crippen molar-refractivity contribution in [3.05, 3.63) is 5.82 Å². The minimum absolute atomic E-state index is 0.0211. The summed E-state index contributed by atoms with van der Waals surface area (Å²) >= 11 is 0. The maximum absolute atomic E-state index is 11.2. The molecule has 0 saturated heterocycles. The van der Waals surface area contributed by atoms with Gasteiger partial charge in [0.05, 0.1) is 0 Å².